The Kier molecular flexibility index (Phi) is 3.51. The Bertz CT molecular complexity index is 377. The summed E-state index contributed by atoms with van der Waals surface area (Å²) in [5.74, 6) is 0.554. The lowest BCUT2D eigenvalue weighted by molar-refractivity contribution is -0.145. The normalized spacial score (nSPS) is 15.6. The molecule has 0 amide bonds. The Morgan fingerprint density at radius 1 is 1.29 bits per heavy atom. The van der Waals surface area contributed by atoms with E-state index in [1.54, 1.807) is 0 Å². The molecule has 2 rings (SSSR count). The van der Waals surface area contributed by atoms with Crippen molar-refractivity contribution in [2.75, 3.05) is 6.61 Å². The Morgan fingerprint density at radius 2 is 1.94 bits per heavy atom. The molecule has 17 heavy (non-hydrogen) atoms. The van der Waals surface area contributed by atoms with Crippen molar-refractivity contribution in [2.45, 2.75) is 38.5 Å². The van der Waals surface area contributed by atoms with Gasteiger partial charge in [0.25, 0.3) is 0 Å². The highest BCUT2D eigenvalue weighted by Crippen LogP contribution is 2.33. The molecule has 1 aromatic rings. The first-order chi connectivity index (χ1) is 8.08. The van der Waals surface area contributed by atoms with Crippen LogP contribution in [-0.4, -0.2) is 12.6 Å². The zero-order chi connectivity index (χ0) is 12.3. The van der Waals surface area contributed by atoms with Crippen LogP contribution in [0.5, 0.6) is 0 Å². The maximum atomic E-state index is 11.5. The summed E-state index contributed by atoms with van der Waals surface area (Å²) >= 11 is 0. The summed E-state index contributed by atoms with van der Waals surface area (Å²) in [6.45, 7) is 4.67. The molecule has 1 fully saturated rings. The second-order valence-electron chi connectivity index (χ2n) is 5.56. The van der Waals surface area contributed by atoms with Gasteiger partial charge >= 0.3 is 5.97 Å². The van der Waals surface area contributed by atoms with E-state index in [9.17, 15) is 4.79 Å². The summed E-state index contributed by atoms with van der Waals surface area (Å²) in [6.07, 6.45) is 2.99. The first kappa shape index (κ1) is 12.2. The molecule has 0 aromatic heterocycles. The maximum absolute atomic E-state index is 11.5. The number of benzene rings is 1. The number of hydrogen-bond donors (Lipinski definition) is 0. The van der Waals surface area contributed by atoms with Crippen LogP contribution < -0.4 is 0 Å². The molecule has 1 aliphatic rings. The fourth-order valence-electron chi connectivity index (χ4n) is 1.85. The predicted molar refractivity (Wildman–Crippen MR) is 67.8 cm³/mol. The molecule has 0 aliphatic heterocycles. The second kappa shape index (κ2) is 4.91. The Hall–Kier alpha value is -1.31. The van der Waals surface area contributed by atoms with E-state index in [1.807, 2.05) is 18.2 Å². The van der Waals surface area contributed by atoms with E-state index in [0.29, 0.717) is 18.9 Å². The highest BCUT2D eigenvalue weighted by atomic mass is 16.5. The molecular formula is C15H20O2. The minimum absolute atomic E-state index is 0.0449. The van der Waals surface area contributed by atoms with Crippen LogP contribution in [0.4, 0.5) is 0 Å². The highest BCUT2D eigenvalue weighted by molar-refractivity contribution is 5.70. The van der Waals surface area contributed by atoms with E-state index >= 15 is 0 Å². The Labute approximate surface area is 103 Å². The third kappa shape index (κ3) is 3.58. The lowest BCUT2D eigenvalue weighted by atomic mass is 9.86. The molecule has 0 atom stereocenters. The SMILES string of the molecule is CC(C)(COC(=O)CC1CC1)c1ccccc1. The lowest BCUT2D eigenvalue weighted by Crippen LogP contribution is -2.26. The Balaban J connectivity index is 1.86. The second-order valence-corrected chi connectivity index (χ2v) is 5.56. The van der Waals surface area contributed by atoms with Crippen LogP contribution in [-0.2, 0) is 14.9 Å². The van der Waals surface area contributed by atoms with Gasteiger partial charge in [0.2, 0.25) is 0 Å². The third-order valence-electron chi connectivity index (χ3n) is 3.30. The van der Waals surface area contributed by atoms with E-state index < -0.39 is 0 Å². The van der Waals surface area contributed by atoms with Gasteiger partial charge in [0.1, 0.15) is 6.61 Å². The summed E-state index contributed by atoms with van der Waals surface area (Å²) in [5.41, 5.74) is 1.10. The van der Waals surface area contributed by atoms with Gasteiger partial charge in [0.15, 0.2) is 0 Å². The molecular weight excluding hydrogens is 212 g/mol. The molecule has 0 spiro atoms. The molecule has 2 nitrogen and oxygen atoms in total. The zero-order valence-corrected chi connectivity index (χ0v) is 10.6. The van der Waals surface area contributed by atoms with Gasteiger partial charge in [0.05, 0.1) is 0 Å². The first-order valence-electron chi connectivity index (χ1n) is 6.29. The fourth-order valence-corrected chi connectivity index (χ4v) is 1.85. The zero-order valence-electron chi connectivity index (χ0n) is 10.6. The molecule has 0 heterocycles. The van der Waals surface area contributed by atoms with Gasteiger partial charge in [-0.25, -0.2) is 0 Å². The van der Waals surface area contributed by atoms with E-state index in [2.05, 4.69) is 26.0 Å². The van der Waals surface area contributed by atoms with Crippen LogP contribution >= 0.6 is 0 Å². The summed E-state index contributed by atoms with van der Waals surface area (Å²) in [7, 11) is 0. The summed E-state index contributed by atoms with van der Waals surface area (Å²) < 4.78 is 5.37. The van der Waals surface area contributed by atoms with Crippen LogP contribution in [0.25, 0.3) is 0 Å². The number of hydrogen-bond acceptors (Lipinski definition) is 2. The van der Waals surface area contributed by atoms with Crippen molar-refractivity contribution < 1.29 is 9.53 Å². The number of esters is 1. The van der Waals surface area contributed by atoms with Crippen LogP contribution in [0.15, 0.2) is 30.3 Å². The van der Waals surface area contributed by atoms with Crippen LogP contribution in [0.1, 0.15) is 38.7 Å². The quantitative estimate of drug-likeness (QED) is 0.728. The van der Waals surface area contributed by atoms with Crippen molar-refractivity contribution in [1.29, 1.82) is 0 Å². The van der Waals surface area contributed by atoms with E-state index in [4.69, 9.17) is 4.74 Å². The molecule has 2 heteroatoms. The number of ether oxygens (including phenoxy) is 1. The van der Waals surface area contributed by atoms with Crippen molar-refractivity contribution in [3.8, 4) is 0 Å². The molecule has 1 saturated carbocycles. The standard InChI is InChI=1S/C15H20O2/c1-15(2,13-6-4-3-5-7-13)11-17-14(16)10-12-8-9-12/h3-7,12H,8-11H2,1-2H3. The van der Waals surface area contributed by atoms with Crippen molar-refractivity contribution >= 4 is 5.97 Å². The van der Waals surface area contributed by atoms with Crippen LogP contribution in [0, 0.1) is 5.92 Å². The van der Waals surface area contributed by atoms with Crippen molar-refractivity contribution in [1.82, 2.24) is 0 Å². The topological polar surface area (TPSA) is 26.3 Å². The summed E-state index contributed by atoms with van der Waals surface area (Å²) in [5, 5.41) is 0. The minimum Gasteiger partial charge on any atom is -0.465 e. The smallest absolute Gasteiger partial charge is 0.306 e. The van der Waals surface area contributed by atoms with Crippen molar-refractivity contribution in [3.63, 3.8) is 0 Å². The van der Waals surface area contributed by atoms with Gasteiger partial charge in [-0.05, 0) is 24.3 Å². The maximum Gasteiger partial charge on any atom is 0.306 e. The van der Waals surface area contributed by atoms with Crippen molar-refractivity contribution in [2.24, 2.45) is 5.92 Å². The average Bonchev–Trinajstić information content (AvgIpc) is 3.12. The van der Waals surface area contributed by atoms with Crippen molar-refractivity contribution in [3.05, 3.63) is 35.9 Å². The first-order valence-corrected chi connectivity index (χ1v) is 6.29. The van der Waals surface area contributed by atoms with Gasteiger partial charge < -0.3 is 4.74 Å². The van der Waals surface area contributed by atoms with Gasteiger partial charge in [-0.3, -0.25) is 4.79 Å². The molecule has 0 bridgehead atoms. The monoisotopic (exact) mass is 232 g/mol. The van der Waals surface area contributed by atoms with E-state index in [-0.39, 0.29) is 11.4 Å². The number of carbonyl (C=O) groups excluding carboxylic acids is 1. The molecule has 92 valence electrons. The third-order valence-corrected chi connectivity index (χ3v) is 3.30. The van der Waals surface area contributed by atoms with Crippen LogP contribution in [0.3, 0.4) is 0 Å². The van der Waals surface area contributed by atoms with Gasteiger partial charge in [-0.2, -0.15) is 0 Å². The predicted octanol–water partition coefficient (Wildman–Crippen LogP) is 3.31. The van der Waals surface area contributed by atoms with E-state index in [1.165, 1.54) is 18.4 Å². The average molecular weight is 232 g/mol. The van der Waals surface area contributed by atoms with Gasteiger partial charge in [0, 0.05) is 11.8 Å². The van der Waals surface area contributed by atoms with Gasteiger partial charge in [-0.15, -0.1) is 0 Å². The van der Waals surface area contributed by atoms with E-state index in [0.717, 1.165) is 0 Å². The molecule has 0 unspecified atom stereocenters. The minimum atomic E-state index is -0.111. The fraction of sp³-hybridized carbons (Fsp3) is 0.533. The highest BCUT2D eigenvalue weighted by Gasteiger charge is 2.27. The summed E-state index contributed by atoms with van der Waals surface area (Å²) in [6, 6.07) is 10.2. The van der Waals surface area contributed by atoms with Gasteiger partial charge in [-0.1, -0.05) is 44.2 Å². The molecule has 0 saturated heterocycles. The lowest BCUT2D eigenvalue weighted by Gasteiger charge is -2.24. The summed E-state index contributed by atoms with van der Waals surface area (Å²) in [4.78, 5) is 11.5. The van der Waals surface area contributed by atoms with Crippen LogP contribution in [0.2, 0.25) is 0 Å². The largest absolute Gasteiger partial charge is 0.465 e. The molecule has 1 aliphatic carbocycles. The Morgan fingerprint density at radius 3 is 2.53 bits per heavy atom. The number of carbonyl (C=O) groups is 1. The molecule has 0 N–H and O–H groups in total. The molecule has 0 radical (unpaired) electrons. The number of rotatable bonds is 5. The molecule has 1 aromatic carbocycles.